The average molecular weight is 757 g/mol. The number of furan rings is 2. The molecule has 11 aromatic rings. The Hall–Kier alpha value is -7.42. The predicted molar refractivity (Wildman–Crippen MR) is 246 cm³/mol. The molecule has 0 bridgehead atoms. The highest BCUT2D eigenvalue weighted by atomic mass is 16.3. The number of para-hydroxylation sites is 4. The van der Waals surface area contributed by atoms with Gasteiger partial charge in [-0.3, -0.25) is 0 Å². The van der Waals surface area contributed by atoms with Crippen LogP contribution in [0, 0.1) is 0 Å². The molecule has 59 heavy (non-hydrogen) atoms. The van der Waals surface area contributed by atoms with Crippen LogP contribution in [0.1, 0.15) is 29.0 Å². The van der Waals surface area contributed by atoms with E-state index in [9.17, 15) is 0 Å². The summed E-state index contributed by atoms with van der Waals surface area (Å²) in [6.45, 7) is 0. The molecular weight excluding hydrogens is 717 g/mol. The molecule has 1 unspecified atom stereocenters. The van der Waals surface area contributed by atoms with Crippen molar-refractivity contribution in [1.29, 1.82) is 0 Å². The van der Waals surface area contributed by atoms with E-state index in [1.54, 1.807) is 0 Å². The molecule has 0 amide bonds. The molecule has 11 rings (SSSR count). The van der Waals surface area contributed by atoms with Crippen molar-refractivity contribution >= 4 is 43.9 Å². The zero-order valence-electron chi connectivity index (χ0n) is 32.5. The lowest BCUT2D eigenvalue weighted by atomic mass is 9.85. The van der Waals surface area contributed by atoms with Gasteiger partial charge in [0.2, 0.25) is 0 Å². The molecule has 2 nitrogen and oxygen atoms in total. The van der Waals surface area contributed by atoms with E-state index in [0.29, 0.717) is 0 Å². The molecule has 0 saturated carbocycles. The minimum Gasteiger partial charge on any atom is -0.455 e. The SMILES string of the molecule is c1ccc(-c2ccc(-c3ccc(C(CCc4ccc(-c5cccc6c5oc5ccccc56)cc4)c4ccc(-c5cccc6c5oc5ccccc56)cc4)cc3)cc2)cc1. The lowest BCUT2D eigenvalue weighted by Gasteiger charge is -2.20. The summed E-state index contributed by atoms with van der Waals surface area (Å²) in [4.78, 5) is 0. The summed E-state index contributed by atoms with van der Waals surface area (Å²) >= 11 is 0. The van der Waals surface area contributed by atoms with Crippen molar-refractivity contribution in [2.75, 3.05) is 0 Å². The summed E-state index contributed by atoms with van der Waals surface area (Å²) in [5.41, 5.74) is 17.1. The van der Waals surface area contributed by atoms with Crippen molar-refractivity contribution < 1.29 is 8.83 Å². The van der Waals surface area contributed by atoms with E-state index in [0.717, 1.165) is 79.0 Å². The largest absolute Gasteiger partial charge is 0.455 e. The first-order chi connectivity index (χ1) is 29.2. The van der Waals surface area contributed by atoms with E-state index < -0.39 is 0 Å². The van der Waals surface area contributed by atoms with Crippen LogP contribution < -0.4 is 0 Å². The molecule has 280 valence electrons. The van der Waals surface area contributed by atoms with E-state index in [-0.39, 0.29) is 5.92 Å². The van der Waals surface area contributed by atoms with Gasteiger partial charge in [-0.2, -0.15) is 0 Å². The Labute approximate surface area is 343 Å². The molecule has 0 radical (unpaired) electrons. The Bertz CT molecular complexity index is 3220. The van der Waals surface area contributed by atoms with Crippen molar-refractivity contribution in [3.63, 3.8) is 0 Å². The van der Waals surface area contributed by atoms with Crippen LogP contribution in [0.5, 0.6) is 0 Å². The number of hydrogen-bond acceptors (Lipinski definition) is 2. The molecule has 0 fully saturated rings. The molecule has 0 spiro atoms. The standard InChI is InChI=1S/C57H40O2/c1-2-10-39(11-3-1)40-25-27-41(28-26-40)42-29-31-43(32-30-42)47(44-33-35-46(36-34-44)49-15-9-17-53-51-13-5-7-19-55(51)59-57(49)53)37-22-38-20-23-45(24-21-38)48-14-8-16-52-50-12-4-6-18-54(50)58-56(48)52/h1-21,23-36,47H,22,37H2. The van der Waals surface area contributed by atoms with Gasteiger partial charge in [0.15, 0.2) is 0 Å². The highest BCUT2D eigenvalue weighted by Gasteiger charge is 2.18. The summed E-state index contributed by atoms with van der Waals surface area (Å²) in [5.74, 6) is 0.213. The zero-order valence-corrected chi connectivity index (χ0v) is 32.5. The number of rotatable bonds is 9. The maximum Gasteiger partial charge on any atom is 0.143 e. The second kappa shape index (κ2) is 14.8. The normalized spacial score (nSPS) is 12.1. The van der Waals surface area contributed by atoms with Gasteiger partial charge in [0.1, 0.15) is 22.3 Å². The van der Waals surface area contributed by atoms with Crippen LogP contribution in [-0.4, -0.2) is 0 Å². The fourth-order valence-corrected chi connectivity index (χ4v) is 8.93. The highest BCUT2D eigenvalue weighted by Crippen LogP contribution is 2.39. The Morgan fingerprint density at radius 3 is 1.20 bits per heavy atom. The molecule has 0 aliphatic rings. The maximum absolute atomic E-state index is 6.42. The first-order valence-electron chi connectivity index (χ1n) is 20.5. The van der Waals surface area contributed by atoms with Crippen molar-refractivity contribution in [3.05, 3.63) is 229 Å². The first-order valence-corrected chi connectivity index (χ1v) is 20.5. The summed E-state index contributed by atoms with van der Waals surface area (Å²) < 4.78 is 12.8. The van der Waals surface area contributed by atoms with Crippen molar-refractivity contribution in [2.45, 2.75) is 18.8 Å². The van der Waals surface area contributed by atoms with Gasteiger partial charge >= 0.3 is 0 Å². The monoisotopic (exact) mass is 756 g/mol. The third-order valence-electron chi connectivity index (χ3n) is 12.1. The summed E-state index contributed by atoms with van der Waals surface area (Å²) in [7, 11) is 0. The van der Waals surface area contributed by atoms with E-state index >= 15 is 0 Å². The molecule has 2 heterocycles. The second-order valence-corrected chi connectivity index (χ2v) is 15.5. The van der Waals surface area contributed by atoms with Crippen LogP contribution >= 0.6 is 0 Å². The third kappa shape index (κ3) is 6.49. The maximum atomic E-state index is 6.42. The number of fused-ring (bicyclic) bond motifs is 6. The molecule has 0 saturated heterocycles. The lowest BCUT2D eigenvalue weighted by molar-refractivity contribution is 0.669. The van der Waals surface area contributed by atoms with Crippen LogP contribution in [0.3, 0.4) is 0 Å². The fourth-order valence-electron chi connectivity index (χ4n) is 8.93. The first kappa shape index (κ1) is 34.8. The predicted octanol–water partition coefficient (Wildman–Crippen LogP) is 15.9. The fraction of sp³-hybridized carbons (Fsp3) is 0.0526. The summed E-state index contributed by atoms with van der Waals surface area (Å²) in [6.07, 6.45) is 1.92. The molecule has 2 heteroatoms. The third-order valence-corrected chi connectivity index (χ3v) is 12.1. The lowest BCUT2D eigenvalue weighted by Crippen LogP contribution is -2.03. The molecule has 9 aromatic carbocycles. The van der Waals surface area contributed by atoms with Crippen molar-refractivity contribution in [1.82, 2.24) is 0 Å². The molecular formula is C57H40O2. The quantitative estimate of drug-likeness (QED) is 0.147. The molecule has 0 N–H and O–H groups in total. The van der Waals surface area contributed by atoms with E-state index in [2.05, 4.69) is 188 Å². The number of hydrogen-bond donors (Lipinski definition) is 0. The van der Waals surface area contributed by atoms with Gasteiger partial charge in [-0.15, -0.1) is 0 Å². The molecule has 0 aliphatic carbocycles. The van der Waals surface area contributed by atoms with Crippen LogP contribution in [0.2, 0.25) is 0 Å². The Morgan fingerprint density at radius 1 is 0.305 bits per heavy atom. The minimum atomic E-state index is 0.213. The summed E-state index contributed by atoms with van der Waals surface area (Å²) in [5, 5.41) is 4.60. The van der Waals surface area contributed by atoms with Gasteiger partial charge < -0.3 is 8.83 Å². The zero-order chi connectivity index (χ0) is 39.1. The number of aryl methyl sites for hydroxylation is 1. The van der Waals surface area contributed by atoms with Gasteiger partial charge in [-0.25, -0.2) is 0 Å². The topological polar surface area (TPSA) is 26.3 Å². The van der Waals surface area contributed by atoms with E-state index in [4.69, 9.17) is 8.83 Å². The summed E-state index contributed by atoms with van der Waals surface area (Å²) in [6, 6.07) is 76.4. The molecule has 1 atom stereocenters. The second-order valence-electron chi connectivity index (χ2n) is 15.5. The van der Waals surface area contributed by atoms with Crippen molar-refractivity contribution in [2.24, 2.45) is 0 Å². The van der Waals surface area contributed by atoms with Gasteiger partial charge in [-0.05, 0) is 75.0 Å². The van der Waals surface area contributed by atoms with Crippen molar-refractivity contribution in [3.8, 4) is 44.5 Å². The van der Waals surface area contributed by atoms with Crippen LogP contribution in [-0.2, 0) is 6.42 Å². The average Bonchev–Trinajstić information content (AvgIpc) is 3.89. The Balaban J connectivity index is 0.897. The van der Waals surface area contributed by atoms with E-state index in [1.807, 2.05) is 24.3 Å². The van der Waals surface area contributed by atoms with Crippen LogP contribution in [0.4, 0.5) is 0 Å². The van der Waals surface area contributed by atoms with Crippen LogP contribution in [0.25, 0.3) is 88.4 Å². The number of benzene rings is 9. The molecule has 2 aromatic heterocycles. The molecule has 0 aliphatic heterocycles. The van der Waals surface area contributed by atoms with E-state index in [1.165, 1.54) is 38.9 Å². The van der Waals surface area contributed by atoms with Gasteiger partial charge in [0.25, 0.3) is 0 Å². The highest BCUT2D eigenvalue weighted by molar-refractivity contribution is 6.10. The van der Waals surface area contributed by atoms with Crippen LogP contribution in [0.15, 0.2) is 221 Å². The van der Waals surface area contributed by atoms with Gasteiger partial charge in [0.05, 0.1) is 0 Å². The van der Waals surface area contributed by atoms with Gasteiger partial charge in [0, 0.05) is 38.6 Å². The minimum absolute atomic E-state index is 0.213. The Kier molecular flexibility index (Phi) is 8.74. The van der Waals surface area contributed by atoms with Gasteiger partial charge in [-0.1, -0.05) is 200 Å². The smallest absolute Gasteiger partial charge is 0.143 e. The Morgan fingerprint density at radius 2 is 0.695 bits per heavy atom.